The maximum Gasteiger partial charge on any atom is 0.410 e. The van der Waals surface area contributed by atoms with Crippen molar-refractivity contribution in [3.8, 4) is 0 Å². The highest BCUT2D eigenvalue weighted by atomic mass is 16.6. The van der Waals surface area contributed by atoms with Gasteiger partial charge in [-0.3, -0.25) is 0 Å². The van der Waals surface area contributed by atoms with Crippen LogP contribution in [0.2, 0.25) is 0 Å². The first-order valence-corrected chi connectivity index (χ1v) is 5.43. The first-order chi connectivity index (χ1) is 6.80. The molecule has 0 aromatic carbocycles. The highest BCUT2D eigenvalue weighted by Crippen LogP contribution is 2.47. The Hall–Kier alpha value is -0.770. The first-order valence-electron chi connectivity index (χ1n) is 5.43. The summed E-state index contributed by atoms with van der Waals surface area (Å²) < 4.78 is 5.24. The predicted molar refractivity (Wildman–Crippen MR) is 53.3 cm³/mol. The molecule has 4 heteroatoms. The quantitative estimate of drug-likeness (QED) is 0.595. The molecule has 15 heavy (non-hydrogen) atoms. The molecule has 1 heterocycles. The average Bonchev–Trinajstić information content (AvgIpc) is 1.89. The molecular weight excluding hydrogens is 194 g/mol. The molecule has 1 amide bonds. The third-order valence-electron chi connectivity index (χ3n) is 3.03. The Morgan fingerprint density at radius 1 is 1.40 bits per heavy atom. The molecule has 0 aromatic heterocycles. The van der Waals surface area contributed by atoms with E-state index in [1.54, 1.807) is 4.90 Å². The predicted octanol–water partition coefficient (Wildman–Crippen LogP) is 0.746. The molecule has 0 atom stereocenters. The summed E-state index contributed by atoms with van der Waals surface area (Å²) in [6.07, 6.45) is 0.812. The number of nitrogens with zero attached hydrogens (tertiary/aromatic N) is 1. The van der Waals surface area contributed by atoms with Crippen LogP contribution in [0.15, 0.2) is 0 Å². The lowest BCUT2D eigenvalue weighted by Crippen LogP contribution is -2.67. The number of carbonyl (C=O) groups excluding carboxylic acids is 1. The average molecular weight is 212 g/mol. The number of carbonyl (C=O) groups is 1. The molecule has 2 rings (SSSR count). The SMILES string of the molecule is CC(C)(C)OC(=O)N1CC2(CC([O-])C2)C1. The summed E-state index contributed by atoms with van der Waals surface area (Å²) in [5, 5.41) is 11.0. The maximum atomic E-state index is 11.6. The van der Waals surface area contributed by atoms with Crippen LogP contribution in [0.5, 0.6) is 0 Å². The summed E-state index contributed by atoms with van der Waals surface area (Å²) in [5.74, 6) is 0. The van der Waals surface area contributed by atoms with Gasteiger partial charge in [-0.1, -0.05) is 12.8 Å². The third kappa shape index (κ3) is 2.09. The molecule has 1 aliphatic heterocycles. The van der Waals surface area contributed by atoms with Crippen LogP contribution in [-0.4, -0.2) is 35.8 Å². The lowest BCUT2D eigenvalue weighted by molar-refractivity contribution is -0.460. The van der Waals surface area contributed by atoms with E-state index in [-0.39, 0.29) is 11.5 Å². The number of ether oxygens (including phenoxy) is 1. The van der Waals surface area contributed by atoms with Crippen LogP contribution >= 0.6 is 0 Å². The van der Waals surface area contributed by atoms with Gasteiger partial charge in [0.15, 0.2) is 0 Å². The summed E-state index contributed by atoms with van der Waals surface area (Å²) in [6.45, 7) is 6.99. The van der Waals surface area contributed by atoms with Gasteiger partial charge in [0.1, 0.15) is 5.60 Å². The van der Waals surface area contributed by atoms with E-state index < -0.39 is 11.7 Å². The minimum absolute atomic E-state index is 0.156. The van der Waals surface area contributed by atoms with Gasteiger partial charge in [0.05, 0.1) is 0 Å². The second-order valence-electron chi connectivity index (χ2n) is 5.87. The van der Waals surface area contributed by atoms with Crippen molar-refractivity contribution in [1.29, 1.82) is 0 Å². The summed E-state index contributed by atoms with van der Waals surface area (Å²) in [5.41, 5.74) is -0.274. The number of hydrogen-bond donors (Lipinski definition) is 0. The Morgan fingerprint density at radius 3 is 2.33 bits per heavy atom. The van der Waals surface area contributed by atoms with Gasteiger partial charge in [0.2, 0.25) is 0 Å². The highest BCUT2D eigenvalue weighted by molar-refractivity contribution is 5.69. The Labute approximate surface area is 90.2 Å². The smallest absolute Gasteiger partial charge is 0.410 e. The van der Waals surface area contributed by atoms with Gasteiger partial charge in [-0.05, 0) is 20.8 Å². The van der Waals surface area contributed by atoms with Gasteiger partial charge < -0.3 is 14.7 Å². The lowest BCUT2D eigenvalue weighted by atomic mass is 9.62. The fraction of sp³-hybridized carbons (Fsp3) is 0.909. The van der Waals surface area contributed by atoms with Crippen molar-refractivity contribution in [3.63, 3.8) is 0 Å². The van der Waals surface area contributed by atoms with E-state index in [0.29, 0.717) is 13.1 Å². The molecule has 0 N–H and O–H groups in total. The van der Waals surface area contributed by atoms with Gasteiger partial charge in [-0.15, -0.1) is 6.10 Å². The van der Waals surface area contributed by atoms with Crippen molar-refractivity contribution in [1.82, 2.24) is 4.90 Å². The van der Waals surface area contributed by atoms with Crippen molar-refractivity contribution in [2.45, 2.75) is 45.3 Å². The number of amides is 1. The van der Waals surface area contributed by atoms with Crippen LogP contribution in [0.3, 0.4) is 0 Å². The number of likely N-dealkylation sites (tertiary alicyclic amines) is 1. The summed E-state index contributed by atoms with van der Waals surface area (Å²) in [4.78, 5) is 13.3. The van der Waals surface area contributed by atoms with Crippen LogP contribution < -0.4 is 5.11 Å². The summed E-state index contributed by atoms with van der Waals surface area (Å²) in [6, 6.07) is 0. The molecule has 1 saturated carbocycles. The van der Waals surface area contributed by atoms with Crippen LogP contribution in [-0.2, 0) is 4.74 Å². The molecule has 1 saturated heterocycles. The highest BCUT2D eigenvalue weighted by Gasteiger charge is 2.51. The molecular formula is C11H18NO3-. The summed E-state index contributed by atoms with van der Waals surface area (Å²) in [7, 11) is 0. The molecule has 0 radical (unpaired) electrons. The Bertz CT molecular complexity index is 268. The van der Waals surface area contributed by atoms with Crippen LogP contribution in [0.25, 0.3) is 0 Å². The lowest BCUT2D eigenvalue weighted by Gasteiger charge is -2.61. The van der Waals surface area contributed by atoms with Gasteiger partial charge in [-0.2, -0.15) is 0 Å². The molecule has 4 nitrogen and oxygen atoms in total. The van der Waals surface area contributed by atoms with E-state index in [9.17, 15) is 9.90 Å². The van der Waals surface area contributed by atoms with Gasteiger partial charge >= 0.3 is 6.09 Å². The van der Waals surface area contributed by atoms with Crippen molar-refractivity contribution < 1.29 is 14.6 Å². The van der Waals surface area contributed by atoms with Gasteiger partial charge in [0, 0.05) is 18.5 Å². The fourth-order valence-corrected chi connectivity index (χ4v) is 2.38. The van der Waals surface area contributed by atoms with Gasteiger partial charge in [-0.25, -0.2) is 4.79 Å². The molecule has 0 bridgehead atoms. The molecule has 0 aromatic rings. The number of rotatable bonds is 0. The van der Waals surface area contributed by atoms with E-state index in [0.717, 1.165) is 12.8 Å². The summed E-state index contributed by atoms with van der Waals surface area (Å²) >= 11 is 0. The van der Waals surface area contributed by atoms with E-state index in [4.69, 9.17) is 4.74 Å². The second-order valence-corrected chi connectivity index (χ2v) is 5.87. The van der Waals surface area contributed by atoms with Gasteiger partial charge in [0.25, 0.3) is 0 Å². The van der Waals surface area contributed by atoms with E-state index in [2.05, 4.69) is 0 Å². The van der Waals surface area contributed by atoms with E-state index in [1.807, 2.05) is 20.8 Å². The van der Waals surface area contributed by atoms with Crippen LogP contribution in [0.1, 0.15) is 33.6 Å². The topological polar surface area (TPSA) is 52.6 Å². The first kappa shape index (κ1) is 10.7. The zero-order valence-corrected chi connectivity index (χ0v) is 9.58. The van der Waals surface area contributed by atoms with Crippen LogP contribution in [0, 0.1) is 5.41 Å². The molecule has 1 aliphatic carbocycles. The van der Waals surface area contributed by atoms with E-state index in [1.165, 1.54) is 0 Å². The minimum atomic E-state index is -0.430. The van der Waals surface area contributed by atoms with E-state index >= 15 is 0 Å². The standard InChI is InChI=1S/C11H18NO3/c1-10(2,3)15-9(14)12-6-11(7-12)4-8(13)5-11/h8H,4-7H2,1-3H3/q-1. The molecule has 0 unspecified atom stereocenters. The third-order valence-corrected chi connectivity index (χ3v) is 3.03. The zero-order valence-electron chi connectivity index (χ0n) is 9.58. The molecule has 1 spiro atoms. The molecule has 2 fully saturated rings. The Balaban J connectivity index is 1.77. The monoisotopic (exact) mass is 212 g/mol. The number of hydrogen-bond acceptors (Lipinski definition) is 3. The largest absolute Gasteiger partial charge is 0.852 e. The van der Waals surface area contributed by atoms with Crippen molar-refractivity contribution >= 4 is 6.09 Å². The Kier molecular flexibility index (Phi) is 2.23. The van der Waals surface area contributed by atoms with Crippen LogP contribution in [0.4, 0.5) is 4.79 Å². The fourth-order valence-electron chi connectivity index (χ4n) is 2.38. The van der Waals surface area contributed by atoms with Crippen molar-refractivity contribution in [3.05, 3.63) is 0 Å². The second kappa shape index (κ2) is 3.11. The Morgan fingerprint density at radius 2 is 1.93 bits per heavy atom. The molecule has 86 valence electrons. The maximum absolute atomic E-state index is 11.6. The zero-order chi connectivity index (χ0) is 11.3. The van der Waals surface area contributed by atoms with Crippen molar-refractivity contribution in [2.24, 2.45) is 5.41 Å². The van der Waals surface area contributed by atoms with Crippen molar-refractivity contribution in [2.75, 3.05) is 13.1 Å². The minimum Gasteiger partial charge on any atom is -0.852 e. The normalized spacial score (nSPS) is 24.7. The molecule has 2 aliphatic rings.